The largest absolute Gasteiger partial charge is 0.496 e. The minimum Gasteiger partial charge on any atom is -0.496 e. The lowest BCUT2D eigenvalue weighted by atomic mass is 10.1. The first kappa shape index (κ1) is 25.6. The molecule has 0 spiro atoms. The van der Waals surface area contributed by atoms with Gasteiger partial charge >= 0.3 is 5.76 Å². The molecule has 0 aliphatic rings. The number of nitrogens with one attached hydrogen (secondary N) is 1. The quantitative estimate of drug-likeness (QED) is 0.328. The summed E-state index contributed by atoms with van der Waals surface area (Å²) >= 11 is 1.38. The predicted molar refractivity (Wildman–Crippen MR) is 140 cm³/mol. The molecule has 9 nitrogen and oxygen atoms in total. The number of aromatic amines is 1. The minimum atomic E-state index is -1.49. The molecule has 0 fully saturated rings. The number of nitrogens with zero attached hydrogens (tertiary/aromatic N) is 3. The van der Waals surface area contributed by atoms with Crippen LogP contribution in [0, 0.1) is 20.8 Å². The number of benzene rings is 2. The molecule has 36 heavy (non-hydrogen) atoms. The summed E-state index contributed by atoms with van der Waals surface area (Å²) < 4.78 is 32.4. The maximum absolute atomic E-state index is 13.6. The maximum Gasteiger partial charge on any atom is 0.439 e. The van der Waals surface area contributed by atoms with Crippen LogP contribution in [0.15, 0.2) is 49.4 Å². The molecule has 190 valence electrons. The van der Waals surface area contributed by atoms with E-state index in [-0.39, 0.29) is 12.6 Å². The summed E-state index contributed by atoms with van der Waals surface area (Å²) in [7, 11) is 0.0730. The average Bonchev–Trinajstić information content (AvgIpc) is 3.48. The van der Waals surface area contributed by atoms with Gasteiger partial charge < -0.3 is 9.47 Å². The average molecular weight is 529 g/mol. The summed E-state index contributed by atoms with van der Waals surface area (Å²) in [4.78, 5) is 18.3. The van der Waals surface area contributed by atoms with Gasteiger partial charge in [0.1, 0.15) is 18.1 Å². The van der Waals surface area contributed by atoms with Crippen LogP contribution >= 0.6 is 11.3 Å². The molecule has 1 atom stereocenters. The first-order valence-electron chi connectivity index (χ1n) is 11.3. The fraction of sp³-hybridized carbons (Fsp3) is 0.320. The number of H-pyrrole nitrogens is 1. The van der Waals surface area contributed by atoms with Crippen LogP contribution in [0.2, 0.25) is 0 Å². The third-order valence-electron chi connectivity index (χ3n) is 5.59. The van der Waals surface area contributed by atoms with Crippen molar-refractivity contribution in [2.75, 3.05) is 11.4 Å². The van der Waals surface area contributed by atoms with Gasteiger partial charge in [0, 0.05) is 28.2 Å². The molecule has 0 radical (unpaired) electrons. The zero-order chi connectivity index (χ0) is 26.0. The number of methoxy groups -OCH3 is 1. The number of anilines is 1. The van der Waals surface area contributed by atoms with Gasteiger partial charge in [-0.15, -0.1) is 11.3 Å². The Morgan fingerprint density at radius 3 is 2.50 bits per heavy atom. The van der Waals surface area contributed by atoms with Crippen molar-refractivity contribution in [2.45, 2.75) is 51.6 Å². The van der Waals surface area contributed by atoms with Crippen molar-refractivity contribution in [3.05, 3.63) is 68.6 Å². The van der Waals surface area contributed by atoms with Crippen molar-refractivity contribution in [2.24, 2.45) is 0 Å². The summed E-state index contributed by atoms with van der Waals surface area (Å²) in [6, 6.07) is 9.30. The standard InChI is InChI=1S/C25H28N4O5S2/c1-14(2)29(36(31)25-26-17(5)13-35-25)20-9-15(3)16(4)10-22(20)33-12-19-8-7-18(11-21(19)32-6)23-27-24(30)34-28-23/h7-11,13-14H,12H2,1-6H3,(H,27,28,30). The van der Waals surface area contributed by atoms with Crippen molar-refractivity contribution in [1.29, 1.82) is 0 Å². The Morgan fingerprint density at radius 2 is 1.89 bits per heavy atom. The highest BCUT2D eigenvalue weighted by Crippen LogP contribution is 2.37. The van der Waals surface area contributed by atoms with Gasteiger partial charge in [-0.3, -0.25) is 13.8 Å². The highest BCUT2D eigenvalue weighted by molar-refractivity contribution is 7.88. The summed E-state index contributed by atoms with van der Waals surface area (Å²) in [6.07, 6.45) is 0. The first-order valence-corrected chi connectivity index (χ1v) is 13.3. The van der Waals surface area contributed by atoms with Crippen molar-refractivity contribution < 1.29 is 18.2 Å². The van der Waals surface area contributed by atoms with E-state index in [9.17, 15) is 9.00 Å². The van der Waals surface area contributed by atoms with Crippen LogP contribution in [0.5, 0.6) is 11.5 Å². The number of ether oxygens (including phenoxy) is 2. The number of aromatic nitrogens is 3. The van der Waals surface area contributed by atoms with Crippen LogP contribution in [0.3, 0.4) is 0 Å². The monoisotopic (exact) mass is 528 g/mol. The van der Waals surface area contributed by atoms with Gasteiger partial charge in [0.2, 0.25) is 4.34 Å². The summed E-state index contributed by atoms with van der Waals surface area (Å²) in [5.74, 6) is 0.873. The number of hydrogen-bond acceptors (Lipinski definition) is 8. The van der Waals surface area contributed by atoms with Crippen LogP contribution in [-0.4, -0.2) is 32.5 Å². The van der Waals surface area contributed by atoms with E-state index in [4.69, 9.17) is 9.47 Å². The molecule has 0 amide bonds. The van der Waals surface area contributed by atoms with Gasteiger partial charge in [-0.05, 0) is 63.9 Å². The van der Waals surface area contributed by atoms with Crippen molar-refractivity contribution in [1.82, 2.24) is 15.1 Å². The molecule has 1 N–H and O–H groups in total. The lowest BCUT2D eigenvalue weighted by molar-refractivity contribution is 0.297. The van der Waals surface area contributed by atoms with E-state index < -0.39 is 16.7 Å². The summed E-state index contributed by atoms with van der Waals surface area (Å²) in [6.45, 7) is 10.1. The predicted octanol–water partition coefficient (Wildman–Crippen LogP) is 4.94. The Bertz CT molecular complexity index is 1460. The van der Waals surface area contributed by atoms with Crippen molar-refractivity contribution >= 4 is 28.0 Å². The molecular weight excluding hydrogens is 500 g/mol. The zero-order valence-corrected chi connectivity index (χ0v) is 22.6. The third-order valence-corrected chi connectivity index (χ3v) is 8.43. The van der Waals surface area contributed by atoms with E-state index in [1.54, 1.807) is 19.2 Å². The van der Waals surface area contributed by atoms with Gasteiger partial charge in [-0.25, -0.2) is 14.0 Å². The Kier molecular flexibility index (Phi) is 7.60. The van der Waals surface area contributed by atoms with Crippen molar-refractivity contribution in [3.8, 4) is 22.9 Å². The van der Waals surface area contributed by atoms with E-state index >= 15 is 0 Å². The van der Waals surface area contributed by atoms with E-state index in [0.29, 0.717) is 27.2 Å². The molecule has 11 heteroatoms. The molecule has 0 aliphatic carbocycles. The molecule has 0 aliphatic heterocycles. The van der Waals surface area contributed by atoms with Gasteiger partial charge in [0.05, 0.1) is 12.8 Å². The third kappa shape index (κ3) is 5.36. The fourth-order valence-electron chi connectivity index (χ4n) is 3.64. The second kappa shape index (κ2) is 10.7. The molecule has 0 bridgehead atoms. The smallest absolute Gasteiger partial charge is 0.439 e. The molecule has 1 unspecified atom stereocenters. The molecule has 2 aromatic carbocycles. The Labute approximate surface area is 215 Å². The Morgan fingerprint density at radius 1 is 1.14 bits per heavy atom. The van der Waals surface area contributed by atoms with E-state index in [0.717, 1.165) is 28.1 Å². The van der Waals surface area contributed by atoms with Crippen LogP contribution in [0.25, 0.3) is 11.4 Å². The van der Waals surface area contributed by atoms with E-state index in [1.165, 1.54) is 11.3 Å². The first-order chi connectivity index (χ1) is 17.2. The molecule has 2 aromatic heterocycles. The molecular formula is C25H28N4O5S2. The second-order valence-electron chi connectivity index (χ2n) is 8.59. The number of rotatable bonds is 9. The number of hydrogen-bond donors (Lipinski definition) is 1. The second-order valence-corrected chi connectivity index (χ2v) is 11.0. The number of aryl methyl sites for hydroxylation is 3. The molecule has 4 rings (SSSR count). The minimum absolute atomic E-state index is 0.0714. The summed E-state index contributed by atoms with van der Waals surface area (Å²) in [5, 5.41) is 5.62. The topological polar surface area (TPSA) is 111 Å². The fourth-order valence-corrected chi connectivity index (χ4v) is 5.97. The van der Waals surface area contributed by atoms with Crippen LogP contribution in [0.4, 0.5) is 5.69 Å². The van der Waals surface area contributed by atoms with Crippen molar-refractivity contribution in [3.63, 3.8) is 0 Å². The number of thiazole rings is 1. The normalized spacial score (nSPS) is 12.1. The Balaban J connectivity index is 1.67. The summed E-state index contributed by atoms with van der Waals surface area (Å²) in [5.41, 5.74) is 5.14. The SMILES string of the molecule is COc1cc(-c2noc(=O)[nH]2)ccc1COc1cc(C)c(C)cc1N(C(C)C)S(=O)c1nc(C)cs1. The lowest BCUT2D eigenvalue weighted by Crippen LogP contribution is -2.33. The van der Waals surface area contributed by atoms with Crippen LogP contribution in [-0.2, 0) is 17.6 Å². The highest BCUT2D eigenvalue weighted by atomic mass is 32.2. The maximum atomic E-state index is 13.6. The van der Waals surface area contributed by atoms with E-state index in [1.807, 2.05) is 62.5 Å². The van der Waals surface area contributed by atoms with E-state index in [2.05, 4.69) is 19.6 Å². The Hall–Kier alpha value is -3.44. The molecule has 0 saturated heterocycles. The molecule has 4 aromatic rings. The van der Waals surface area contributed by atoms with Gasteiger partial charge in [0.25, 0.3) is 0 Å². The highest BCUT2D eigenvalue weighted by Gasteiger charge is 2.26. The molecule has 0 saturated carbocycles. The van der Waals surface area contributed by atoms with Gasteiger partial charge in [-0.1, -0.05) is 17.3 Å². The van der Waals surface area contributed by atoms with Gasteiger partial charge in [-0.2, -0.15) is 0 Å². The zero-order valence-electron chi connectivity index (χ0n) is 20.9. The molecule has 2 heterocycles. The van der Waals surface area contributed by atoms with Crippen LogP contribution < -0.4 is 19.5 Å². The lowest BCUT2D eigenvalue weighted by Gasteiger charge is -2.29. The van der Waals surface area contributed by atoms with Crippen LogP contribution in [0.1, 0.15) is 36.2 Å². The van der Waals surface area contributed by atoms with Gasteiger partial charge in [0.15, 0.2) is 16.8 Å².